The number of hydrogen-bond donors (Lipinski definition) is 2. The van der Waals surface area contributed by atoms with Crippen molar-refractivity contribution in [3.05, 3.63) is 59.7 Å². The first kappa shape index (κ1) is 18.5. The molecule has 2 rings (SSSR count). The summed E-state index contributed by atoms with van der Waals surface area (Å²) in [5.41, 5.74) is 2.99. The second-order valence-corrected chi connectivity index (χ2v) is 5.68. The van der Waals surface area contributed by atoms with E-state index in [1.165, 1.54) is 5.56 Å². The van der Waals surface area contributed by atoms with E-state index in [9.17, 15) is 9.59 Å². The fourth-order valence-corrected chi connectivity index (χ4v) is 2.36. The van der Waals surface area contributed by atoms with Crippen LogP contribution in [-0.2, 0) is 11.2 Å². The average molecular weight is 340 g/mol. The van der Waals surface area contributed by atoms with Crippen LogP contribution in [0.1, 0.15) is 42.6 Å². The molecule has 0 fully saturated rings. The molecule has 0 aliphatic carbocycles. The maximum absolute atomic E-state index is 12.4. The first-order valence-electron chi connectivity index (χ1n) is 8.56. The fourth-order valence-electron chi connectivity index (χ4n) is 2.36. The third kappa shape index (κ3) is 5.95. The van der Waals surface area contributed by atoms with Crippen molar-refractivity contribution in [2.24, 2.45) is 0 Å². The summed E-state index contributed by atoms with van der Waals surface area (Å²) >= 11 is 0. The number of nitrogens with one attached hydrogen (secondary N) is 2. The number of carbonyl (C=O) groups is 2. The number of carbonyl (C=O) groups excluding carboxylic acids is 2. The van der Waals surface area contributed by atoms with Gasteiger partial charge in [0.15, 0.2) is 0 Å². The van der Waals surface area contributed by atoms with E-state index in [1.807, 2.05) is 24.3 Å². The van der Waals surface area contributed by atoms with E-state index in [0.29, 0.717) is 17.9 Å². The number of amides is 2. The van der Waals surface area contributed by atoms with Gasteiger partial charge in [0, 0.05) is 16.9 Å². The minimum absolute atomic E-state index is 0.228. The molecule has 0 aromatic heterocycles. The minimum atomic E-state index is -0.539. The van der Waals surface area contributed by atoms with Gasteiger partial charge in [0.2, 0.25) is 0 Å². The lowest BCUT2D eigenvalue weighted by Crippen LogP contribution is -2.15. The Balaban J connectivity index is 1.99. The smallest absolute Gasteiger partial charge is 0.411 e. The normalized spacial score (nSPS) is 10.2. The zero-order valence-corrected chi connectivity index (χ0v) is 14.7. The van der Waals surface area contributed by atoms with Crippen molar-refractivity contribution < 1.29 is 14.3 Å². The highest BCUT2D eigenvalue weighted by atomic mass is 16.5. The molecule has 5 heteroatoms. The van der Waals surface area contributed by atoms with Crippen LogP contribution in [0.2, 0.25) is 0 Å². The Morgan fingerprint density at radius 2 is 1.72 bits per heavy atom. The third-order valence-corrected chi connectivity index (χ3v) is 3.68. The molecule has 2 N–H and O–H groups in total. The predicted octanol–water partition coefficient (Wildman–Crippen LogP) is 4.85. The molecule has 0 aliphatic rings. The fraction of sp³-hybridized carbons (Fsp3) is 0.300. The molecule has 0 heterocycles. The number of ether oxygens (including phenoxy) is 1. The van der Waals surface area contributed by atoms with Crippen molar-refractivity contribution >= 4 is 23.4 Å². The van der Waals surface area contributed by atoms with Crippen molar-refractivity contribution in [1.82, 2.24) is 0 Å². The summed E-state index contributed by atoms with van der Waals surface area (Å²) in [6.45, 7) is 4.19. The number of rotatable bonds is 7. The SMILES string of the molecule is CCCCc1ccc(NC(=O)c2cccc(NC(=O)OCC)c2)cc1. The number of aryl methyl sites for hydroxylation is 1. The van der Waals surface area contributed by atoms with Gasteiger partial charge in [0.1, 0.15) is 0 Å². The lowest BCUT2D eigenvalue weighted by molar-refractivity contribution is 0.102. The summed E-state index contributed by atoms with van der Waals surface area (Å²) < 4.78 is 4.83. The van der Waals surface area contributed by atoms with Crippen LogP contribution in [0.3, 0.4) is 0 Å². The van der Waals surface area contributed by atoms with Gasteiger partial charge in [-0.25, -0.2) is 4.79 Å². The molecule has 0 saturated carbocycles. The van der Waals surface area contributed by atoms with Gasteiger partial charge in [-0.05, 0) is 55.7 Å². The lowest BCUT2D eigenvalue weighted by Gasteiger charge is -2.09. The van der Waals surface area contributed by atoms with Gasteiger partial charge in [-0.2, -0.15) is 0 Å². The van der Waals surface area contributed by atoms with Crippen molar-refractivity contribution in [3.63, 3.8) is 0 Å². The zero-order valence-electron chi connectivity index (χ0n) is 14.7. The van der Waals surface area contributed by atoms with Crippen LogP contribution in [0, 0.1) is 0 Å². The summed E-state index contributed by atoms with van der Waals surface area (Å²) in [6.07, 6.45) is 2.83. The second-order valence-electron chi connectivity index (χ2n) is 5.68. The van der Waals surface area contributed by atoms with Crippen LogP contribution < -0.4 is 10.6 Å². The van der Waals surface area contributed by atoms with Gasteiger partial charge >= 0.3 is 6.09 Å². The van der Waals surface area contributed by atoms with E-state index in [2.05, 4.69) is 17.6 Å². The molecule has 0 radical (unpaired) electrons. The van der Waals surface area contributed by atoms with Crippen molar-refractivity contribution in [1.29, 1.82) is 0 Å². The zero-order chi connectivity index (χ0) is 18.1. The molecule has 2 aromatic rings. The van der Waals surface area contributed by atoms with Gasteiger partial charge in [-0.1, -0.05) is 31.5 Å². The molecular weight excluding hydrogens is 316 g/mol. The summed E-state index contributed by atoms with van der Waals surface area (Å²) in [5, 5.41) is 5.45. The van der Waals surface area contributed by atoms with Crippen LogP contribution in [0.15, 0.2) is 48.5 Å². The topological polar surface area (TPSA) is 67.4 Å². The standard InChI is InChI=1S/C20H24N2O3/c1-3-5-7-15-10-12-17(13-11-15)21-19(23)16-8-6-9-18(14-16)22-20(24)25-4-2/h6,8-14H,3-5,7H2,1-2H3,(H,21,23)(H,22,24). The van der Waals surface area contributed by atoms with Gasteiger partial charge in [-0.15, -0.1) is 0 Å². The van der Waals surface area contributed by atoms with E-state index < -0.39 is 6.09 Å². The molecule has 0 unspecified atom stereocenters. The van der Waals surface area contributed by atoms with E-state index in [4.69, 9.17) is 4.74 Å². The van der Waals surface area contributed by atoms with Crippen LogP contribution in [0.25, 0.3) is 0 Å². The molecule has 2 aromatic carbocycles. The molecule has 0 spiro atoms. The molecule has 0 bridgehead atoms. The van der Waals surface area contributed by atoms with Crippen molar-refractivity contribution in [2.45, 2.75) is 33.1 Å². The number of unbranched alkanes of at least 4 members (excludes halogenated alkanes) is 1. The molecule has 0 aliphatic heterocycles. The summed E-state index contributed by atoms with van der Waals surface area (Å²) in [4.78, 5) is 23.8. The summed E-state index contributed by atoms with van der Waals surface area (Å²) in [5.74, 6) is -0.228. The van der Waals surface area contributed by atoms with E-state index in [0.717, 1.165) is 24.9 Å². The van der Waals surface area contributed by atoms with Crippen molar-refractivity contribution in [2.75, 3.05) is 17.2 Å². The quantitative estimate of drug-likeness (QED) is 0.757. The maximum atomic E-state index is 12.4. The van der Waals surface area contributed by atoms with E-state index >= 15 is 0 Å². The molecule has 0 atom stereocenters. The first-order valence-corrected chi connectivity index (χ1v) is 8.56. The highest BCUT2D eigenvalue weighted by Gasteiger charge is 2.09. The average Bonchev–Trinajstić information content (AvgIpc) is 2.61. The molecule has 25 heavy (non-hydrogen) atoms. The highest BCUT2D eigenvalue weighted by molar-refractivity contribution is 6.05. The Hall–Kier alpha value is -2.82. The molecule has 132 valence electrons. The Bertz CT molecular complexity index is 711. The van der Waals surface area contributed by atoms with Crippen LogP contribution in [0.5, 0.6) is 0 Å². The third-order valence-electron chi connectivity index (χ3n) is 3.68. The number of anilines is 2. The Morgan fingerprint density at radius 1 is 0.960 bits per heavy atom. The highest BCUT2D eigenvalue weighted by Crippen LogP contribution is 2.15. The second kappa shape index (κ2) is 9.47. The first-order chi connectivity index (χ1) is 12.1. The molecule has 5 nitrogen and oxygen atoms in total. The Morgan fingerprint density at radius 3 is 2.40 bits per heavy atom. The van der Waals surface area contributed by atoms with Gasteiger partial charge in [0.25, 0.3) is 5.91 Å². The summed E-state index contributed by atoms with van der Waals surface area (Å²) in [6, 6.07) is 14.6. The predicted molar refractivity (Wildman–Crippen MR) is 100 cm³/mol. The van der Waals surface area contributed by atoms with Gasteiger partial charge in [0.05, 0.1) is 6.61 Å². The van der Waals surface area contributed by atoms with E-state index in [-0.39, 0.29) is 5.91 Å². The van der Waals surface area contributed by atoms with Crippen LogP contribution in [-0.4, -0.2) is 18.6 Å². The monoisotopic (exact) mass is 340 g/mol. The van der Waals surface area contributed by atoms with Crippen molar-refractivity contribution in [3.8, 4) is 0 Å². The van der Waals surface area contributed by atoms with Crippen LogP contribution >= 0.6 is 0 Å². The minimum Gasteiger partial charge on any atom is -0.450 e. The Labute approximate surface area is 148 Å². The number of benzene rings is 2. The molecule has 0 saturated heterocycles. The Kier molecular flexibility index (Phi) is 7.01. The lowest BCUT2D eigenvalue weighted by atomic mass is 10.1. The van der Waals surface area contributed by atoms with Gasteiger partial charge < -0.3 is 10.1 Å². The largest absolute Gasteiger partial charge is 0.450 e. The van der Waals surface area contributed by atoms with E-state index in [1.54, 1.807) is 31.2 Å². The summed E-state index contributed by atoms with van der Waals surface area (Å²) in [7, 11) is 0. The number of hydrogen-bond acceptors (Lipinski definition) is 3. The van der Waals surface area contributed by atoms with Crippen LogP contribution in [0.4, 0.5) is 16.2 Å². The van der Waals surface area contributed by atoms with Gasteiger partial charge in [-0.3, -0.25) is 10.1 Å². The molecule has 2 amide bonds. The maximum Gasteiger partial charge on any atom is 0.411 e. The molecular formula is C20H24N2O3.